The van der Waals surface area contributed by atoms with E-state index in [1.807, 2.05) is 20.8 Å². The zero-order chi connectivity index (χ0) is 32.5. The van der Waals surface area contributed by atoms with Crippen LogP contribution in [0.25, 0.3) is 0 Å². The molecule has 3 aliphatic rings. The lowest BCUT2D eigenvalue weighted by Crippen LogP contribution is -2.50. The number of carbonyl (C=O) groups is 5. The summed E-state index contributed by atoms with van der Waals surface area (Å²) in [6, 6.07) is 4.44. The third-order valence-electron chi connectivity index (χ3n) is 9.02. The fourth-order valence-electron chi connectivity index (χ4n) is 6.33. The van der Waals surface area contributed by atoms with Crippen LogP contribution in [0.15, 0.2) is 24.3 Å². The number of aromatic hydroxyl groups is 1. The lowest BCUT2D eigenvalue weighted by molar-refractivity contribution is -0.139. The molecule has 6 atom stereocenters. The summed E-state index contributed by atoms with van der Waals surface area (Å²) in [7, 11) is 0. The Balaban J connectivity index is 1.48. The van der Waals surface area contributed by atoms with E-state index in [1.165, 1.54) is 12.1 Å². The molecule has 3 saturated heterocycles. The van der Waals surface area contributed by atoms with Crippen molar-refractivity contribution in [2.45, 2.75) is 109 Å². The lowest BCUT2D eigenvalue weighted by Gasteiger charge is -2.29. The number of amides is 5. The minimum atomic E-state index is -0.817. The molecule has 0 saturated carbocycles. The van der Waals surface area contributed by atoms with Gasteiger partial charge in [0.05, 0.1) is 0 Å². The Morgan fingerprint density at radius 1 is 1.04 bits per heavy atom. The van der Waals surface area contributed by atoms with Gasteiger partial charge in [0.1, 0.15) is 23.9 Å². The first kappa shape index (κ1) is 34.2. The normalized spacial score (nSPS) is 29.3. The van der Waals surface area contributed by atoms with E-state index in [0.29, 0.717) is 38.7 Å². The second-order valence-electron chi connectivity index (χ2n) is 13.1. The molecule has 3 fully saturated rings. The van der Waals surface area contributed by atoms with Crippen molar-refractivity contribution in [3.05, 3.63) is 29.8 Å². The number of rotatable bonds is 5. The van der Waals surface area contributed by atoms with Crippen molar-refractivity contribution >= 4 is 29.5 Å². The molecule has 0 aliphatic carbocycles. The van der Waals surface area contributed by atoms with Gasteiger partial charge >= 0.3 is 0 Å². The molecule has 3 aliphatic heterocycles. The van der Waals surface area contributed by atoms with Crippen LogP contribution in [0, 0.1) is 11.8 Å². The lowest BCUT2D eigenvalue weighted by atomic mass is 9.92. The van der Waals surface area contributed by atoms with Gasteiger partial charge in [-0.1, -0.05) is 32.9 Å². The molecule has 5 amide bonds. The van der Waals surface area contributed by atoms with Gasteiger partial charge in [-0.3, -0.25) is 24.0 Å². The molecule has 1 aromatic rings. The zero-order valence-electron chi connectivity index (χ0n) is 26.7. The predicted octanol–water partition coefficient (Wildman–Crippen LogP) is 1.54. The number of carbonyl (C=O) groups excluding carboxylic acids is 5. The summed E-state index contributed by atoms with van der Waals surface area (Å²) in [5, 5.41) is 21.5. The Morgan fingerprint density at radius 2 is 1.80 bits per heavy atom. The molecule has 0 bridgehead atoms. The smallest absolute Gasteiger partial charge is 0.249 e. The van der Waals surface area contributed by atoms with Gasteiger partial charge in [-0.15, -0.1) is 0 Å². The standard InChI is InChI=1S/C33H49N5O7/c1-20(2)25-13-8-21(3)16-29(40)36-26(17-22-9-11-24(39)12-10-22)31(42)34-14-4-7-30(41)38-19-23(18-27(38)32(43)37-25)35-33(44)28-6-5-15-45-28/h9-12,20-21,23,25-28,39H,4-8,13-19H2,1-3H3,(H,34,42)(H,35,44)(H,36,40)(H,37,43)/t21-,23-,25+,26+,27+,28-/m1/s1. The van der Waals surface area contributed by atoms with Gasteiger partial charge in [0, 0.05) is 51.0 Å². The van der Waals surface area contributed by atoms with E-state index in [4.69, 9.17) is 4.74 Å². The molecule has 3 heterocycles. The minimum absolute atomic E-state index is 0.00127. The number of nitrogens with zero attached hydrogens (tertiary/aromatic N) is 1. The summed E-state index contributed by atoms with van der Waals surface area (Å²) in [5.41, 5.74) is 0.787. The maximum Gasteiger partial charge on any atom is 0.249 e. The Hall–Kier alpha value is -3.67. The molecule has 1 aromatic carbocycles. The highest BCUT2D eigenvalue weighted by atomic mass is 16.5. The SMILES string of the molecule is CC(C)[C@@H]1CC[C@@H](C)CC(=O)N[C@@H](Cc2ccc(O)cc2)C(=O)NCCCC(=O)N2C[C@H](NC(=O)[C@H]3CCCO3)C[C@H]2C(=O)N1. The van der Waals surface area contributed by atoms with Crippen molar-refractivity contribution in [3.63, 3.8) is 0 Å². The van der Waals surface area contributed by atoms with Crippen molar-refractivity contribution in [1.82, 2.24) is 26.2 Å². The molecule has 0 aromatic heterocycles. The van der Waals surface area contributed by atoms with Crippen LogP contribution >= 0.6 is 0 Å². The number of phenols is 1. The van der Waals surface area contributed by atoms with E-state index < -0.39 is 18.2 Å². The van der Waals surface area contributed by atoms with Crippen LogP contribution in [0.3, 0.4) is 0 Å². The molecule has 0 radical (unpaired) electrons. The number of phenolic OH excluding ortho intramolecular Hbond substituents is 1. The monoisotopic (exact) mass is 627 g/mol. The number of fused-ring (bicyclic) bond motifs is 1. The molecule has 5 N–H and O–H groups in total. The number of hydrogen-bond acceptors (Lipinski definition) is 7. The van der Waals surface area contributed by atoms with Crippen LogP contribution in [0.5, 0.6) is 5.75 Å². The number of ether oxygens (including phenoxy) is 1. The fraction of sp³-hybridized carbons (Fsp3) is 0.667. The fourth-order valence-corrected chi connectivity index (χ4v) is 6.33. The molecule has 248 valence electrons. The van der Waals surface area contributed by atoms with Crippen molar-refractivity contribution in [3.8, 4) is 5.75 Å². The van der Waals surface area contributed by atoms with Crippen molar-refractivity contribution in [2.75, 3.05) is 19.7 Å². The van der Waals surface area contributed by atoms with Crippen LogP contribution in [-0.2, 0) is 35.1 Å². The van der Waals surface area contributed by atoms with Crippen LogP contribution in [0.4, 0.5) is 0 Å². The maximum atomic E-state index is 13.6. The van der Waals surface area contributed by atoms with E-state index in [2.05, 4.69) is 21.3 Å². The van der Waals surface area contributed by atoms with Gasteiger partial charge in [-0.05, 0) is 68.1 Å². The predicted molar refractivity (Wildman–Crippen MR) is 167 cm³/mol. The van der Waals surface area contributed by atoms with E-state index in [9.17, 15) is 29.1 Å². The highest BCUT2D eigenvalue weighted by Crippen LogP contribution is 2.23. The quantitative estimate of drug-likeness (QED) is 0.330. The topological polar surface area (TPSA) is 166 Å². The second kappa shape index (κ2) is 16.1. The highest BCUT2D eigenvalue weighted by Gasteiger charge is 2.41. The van der Waals surface area contributed by atoms with Crippen LogP contribution in [0.2, 0.25) is 0 Å². The number of hydrogen-bond donors (Lipinski definition) is 5. The van der Waals surface area contributed by atoms with E-state index in [1.54, 1.807) is 17.0 Å². The largest absolute Gasteiger partial charge is 0.508 e. The summed E-state index contributed by atoms with van der Waals surface area (Å²) in [4.78, 5) is 67.7. The van der Waals surface area contributed by atoms with E-state index in [-0.39, 0.29) is 91.6 Å². The number of nitrogens with one attached hydrogen (secondary N) is 4. The number of benzene rings is 1. The first-order chi connectivity index (χ1) is 21.5. The molecule has 45 heavy (non-hydrogen) atoms. The third kappa shape index (κ3) is 9.91. The summed E-state index contributed by atoms with van der Waals surface area (Å²) in [5.74, 6) is -1.02. The van der Waals surface area contributed by atoms with Gasteiger partial charge in [-0.2, -0.15) is 0 Å². The van der Waals surface area contributed by atoms with E-state index >= 15 is 0 Å². The molecule has 12 nitrogen and oxygen atoms in total. The molecular weight excluding hydrogens is 578 g/mol. The Bertz CT molecular complexity index is 1200. The first-order valence-corrected chi connectivity index (χ1v) is 16.4. The van der Waals surface area contributed by atoms with Crippen LogP contribution in [0.1, 0.15) is 77.7 Å². The molecule has 0 spiro atoms. The van der Waals surface area contributed by atoms with Crippen LogP contribution < -0.4 is 21.3 Å². The van der Waals surface area contributed by atoms with Gasteiger partial charge in [0.25, 0.3) is 0 Å². The van der Waals surface area contributed by atoms with Gasteiger partial charge in [0.2, 0.25) is 29.5 Å². The van der Waals surface area contributed by atoms with Crippen molar-refractivity contribution in [1.29, 1.82) is 0 Å². The van der Waals surface area contributed by atoms with Crippen molar-refractivity contribution in [2.24, 2.45) is 11.8 Å². The first-order valence-electron chi connectivity index (χ1n) is 16.4. The highest BCUT2D eigenvalue weighted by molar-refractivity contribution is 5.90. The molecular formula is C33H49N5O7. The summed E-state index contributed by atoms with van der Waals surface area (Å²) >= 11 is 0. The van der Waals surface area contributed by atoms with Crippen molar-refractivity contribution < 1.29 is 33.8 Å². The maximum absolute atomic E-state index is 13.6. The average Bonchev–Trinajstić information content (AvgIpc) is 3.68. The molecule has 0 unspecified atom stereocenters. The van der Waals surface area contributed by atoms with Gasteiger partial charge < -0.3 is 36.0 Å². The zero-order valence-corrected chi connectivity index (χ0v) is 26.7. The summed E-state index contributed by atoms with van der Waals surface area (Å²) in [6.45, 7) is 7.02. The Morgan fingerprint density at radius 3 is 2.49 bits per heavy atom. The second-order valence-corrected chi connectivity index (χ2v) is 13.1. The molecule has 4 rings (SSSR count). The summed E-state index contributed by atoms with van der Waals surface area (Å²) < 4.78 is 5.52. The third-order valence-corrected chi connectivity index (χ3v) is 9.02. The van der Waals surface area contributed by atoms with E-state index in [0.717, 1.165) is 12.0 Å². The molecule has 12 heteroatoms. The van der Waals surface area contributed by atoms with Gasteiger partial charge in [-0.25, -0.2) is 0 Å². The average molecular weight is 628 g/mol. The van der Waals surface area contributed by atoms with Gasteiger partial charge in [0.15, 0.2) is 0 Å². The Labute approximate surface area is 265 Å². The minimum Gasteiger partial charge on any atom is -0.508 e. The van der Waals surface area contributed by atoms with Crippen LogP contribution in [-0.4, -0.2) is 89.5 Å². The summed E-state index contributed by atoms with van der Waals surface area (Å²) in [6.07, 6.45) is 3.55. The Kier molecular flexibility index (Phi) is 12.2.